The van der Waals surface area contributed by atoms with Crippen molar-refractivity contribution in [2.24, 2.45) is 0 Å². The molecule has 3 nitrogen and oxygen atoms in total. The molecule has 0 amide bonds. The fourth-order valence-electron chi connectivity index (χ4n) is 4.68. The summed E-state index contributed by atoms with van der Waals surface area (Å²) >= 11 is 0. The summed E-state index contributed by atoms with van der Waals surface area (Å²) in [6, 6.07) is 10.1. The number of hydrogen-bond acceptors (Lipinski definition) is 3. The van der Waals surface area contributed by atoms with Crippen LogP contribution >= 0.6 is 0 Å². The summed E-state index contributed by atoms with van der Waals surface area (Å²) in [4.78, 5) is 0. The molecule has 0 spiro atoms. The number of aliphatic hydroxyl groups is 1. The van der Waals surface area contributed by atoms with E-state index in [1.54, 1.807) is 0 Å². The average molecular weight is 384 g/mol. The number of aryl methyl sites for hydroxylation is 1. The molecule has 1 aromatic carbocycles. The monoisotopic (exact) mass is 383 g/mol. The first-order chi connectivity index (χ1) is 13.7. The van der Waals surface area contributed by atoms with Gasteiger partial charge in [0.05, 0.1) is 16.9 Å². The fraction of sp³-hybridized carbons (Fsp3) is 0.640. The summed E-state index contributed by atoms with van der Waals surface area (Å²) in [6.45, 7) is 1.97. The van der Waals surface area contributed by atoms with Crippen LogP contribution in [0.5, 0.6) is 0 Å². The highest BCUT2D eigenvalue weighted by Crippen LogP contribution is 2.41. The summed E-state index contributed by atoms with van der Waals surface area (Å²) < 4.78 is 5.72. The van der Waals surface area contributed by atoms with Gasteiger partial charge in [0, 0.05) is 5.56 Å². The van der Waals surface area contributed by atoms with Crippen molar-refractivity contribution in [2.75, 3.05) is 0 Å². The maximum absolute atomic E-state index is 11.8. The van der Waals surface area contributed by atoms with Gasteiger partial charge in [0.25, 0.3) is 0 Å². The van der Waals surface area contributed by atoms with E-state index in [1.807, 2.05) is 37.3 Å². The molecule has 1 heterocycles. The fourth-order valence-corrected chi connectivity index (χ4v) is 4.68. The van der Waals surface area contributed by atoms with Crippen LogP contribution in [0.4, 0.5) is 0 Å². The van der Waals surface area contributed by atoms with E-state index in [-0.39, 0.29) is 0 Å². The van der Waals surface area contributed by atoms with Gasteiger partial charge in [-0.05, 0) is 19.8 Å². The third kappa shape index (κ3) is 5.70. The highest BCUT2D eigenvalue weighted by atomic mass is 16.5. The molecule has 0 radical (unpaired) electrons. The van der Waals surface area contributed by atoms with Crippen LogP contribution in [0.1, 0.15) is 101 Å². The van der Waals surface area contributed by atoms with E-state index in [1.165, 1.54) is 64.2 Å². The Hall–Kier alpha value is -1.61. The molecule has 0 bridgehead atoms. The number of benzene rings is 1. The molecule has 28 heavy (non-hydrogen) atoms. The minimum atomic E-state index is -0.838. The SMILES string of the molecule is Cc1noc(-c2ccccc2)c1C1(O)CCCCCCCCCCCCCC1. The number of rotatable bonds is 2. The smallest absolute Gasteiger partial charge is 0.173 e. The highest BCUT2D eigenvalue weighted by Gasteiger charge is 2.35. The summed E-state index contributed by atoms with van der Waals surface area (Å²) in [6.07, 6.45) is 16.9. The quantitative estimate of drug-likeness (QED) is 0.591. The molecule has 0 saturated heterocycles. The first-order valence-corrected chi connectivity index (χ1v) is 11.5. The first-order valence-electron chi connectivity index (χ1n) is 11.5. The molecular formula is C25H37NO2. The first kappa shape index (κ1) is 21.1. The van der Waals surface area contributed by atoms with Gasteiger partial charge in [-0.25, -0.2) is 0 Å². The predicted octanol–water partition coefficient (Wildman–Crippen LogP) is 7.31. The second kappa shape index (κ2) is 10.8. The van der Waals surface area contributed by atoms with E-state index in [4.69, 9.17) is 4.52 Å². The minimum Gasteiger partial charge on any atom is -0.385 e. The molecule has 0 aliphatic heterocycles. The van der Waals surface area contributed by atoms with Gasteiger partial charge < -0.3 is 9.63 Å². The van der Waals surface area contributed by atoms with Crippen molar-refractivity contribution < 1.29 is 9.63 Å². The zero-order chi connectivity index (χ0) is 19.7. The predicted molar refractivity (Wildman–Crippen MR) is 115 cm³/mol. The normalized spacial score (nSPS) is 20.2. The molecule has 2 aromatic rings. The number of hydrogen-bond donors (Lipinski definition) is 1. The second-order valence-electron chi connectivity index (χ2n) is 8.61. The Morgan fingerprint density at radius 3 is 1.71 bits per heavy atom. The largest absolute Gasteiger partial charge is 0.385 e. The molecule has 1 saturated carbocycles. The molecule has 1 fully saturated rings. The molecule has 1 aromatic heterocycles. The minimum absolute atomic E-state index is 0.749. The van der Waals surface area contributed by atoms with Crippen LogP contribution in [0, 0.1) is 6.92 Å². The van der Waals surface area contributed by atoms with Gasteiger partial charge in [-0.15, -0.1) is 0 Å². The Morgan fingerprint density at radius 2 is 1.21 bits per heavy atom. The van der Waals surface area contributed by atoms with E-state index < -0.39 is 5.60 Å². The summed E-state index contributed by atoms with van der Waals surface area (Å²) in [5.41, 5.74) is 1.92. The van der Waals surface area contributed by atoms with Crippen LogP contribution in [0.3, 0.4) is 0 Å². The average Bonchev–Trinajstić information content (AvgIpc) is 3.10. The number of aromatic nitrogens is 1. The molecule has 1 N–H and O–H groups in total. The molecule has 154 valence electrons. The summed E-state index contributed by atoms with van der Waals surface area (Å²) in [7, 11) is 0. The van der Waals surface area contributed by atoms with E-state index in [0.717, 1.165) is 48.3 Å². The van der Waals surface area contributed by atoms with Crippen LogP contribution in [0.2, 0.25) is 0 Å². The van der Waals surface area contributed by atoms with Gasteiger partial charge in [-0.3, -0.25) is 0 Å². The van der Waals surface area contributed by atoms with E-state index >= 15 is 0 Å². The molecule has 3 rings (SSSR count). The zero-order valence-electron chi connectivity index (χ0n) is 17.6. The van der Waals surface area contributed by atoms with Crippen LogP contribution < -0.4 is 0 Å². The maximum atomic E-state index is 11.8. The third-order valence-electron chi connectivity index (χ3n) is 6.29. The lowest BCUT2D eigenvalue weighted by Gasteiger charge is -2.29. The molecule has 0 atom stereocenters. The van der Waals surface area contributed by atoms with E-state index in [0.29, 0.717) is 0 Å². The van der Waals surface area contributed by atoms with Crippen LogP contribution in [-0.4, -0.2) is 10.3 Å². The van der Waals surface area contributed by atoms with Crippen molar-refractivity contribution in [3.63, 3.8) is 0 Å². The van der Waals surface area contributed by atoms with Crippen LogP contribution in [0.15, 0.2) is 34.9 Å². The lowest BCUT2D eigenvalue weighted by Crippen LogP contribution is -2.27. The summed E-state index contributed by atoms with van der Waals surface area (Å²) in [5.74, 6) is 0.749. The second-order valence-corrected chi connectivity index (χ2v) is 8.61. The van der Waals surface area contributed by atoms with Crippen molar-refractivity contribution >= 4 is 0 Å². The van der Waals surface area contributed by atoms with Gasteiger partial charge in [0.1, 0.15) is 0 Å². The van der Waals surface area contributed by atoms with Gasteiger partial charge in [-0.2, -0.15) is 0 Å². The van der Waals surface area contributed by atoms with Crippen molar-refractivity contribution in [2.45, 2.75) is 102 Å². The maximum Gasteiger partial charge on any atom is 0.173 e. The Kier molecular flexibility index (Phi) is 8.14. The molecule has 1 aliphatic rings. The van der Waals surface area contributed by atoms with Crippen molar-refractivity contribution in [3.8, 4) is 11.3 Å². The Morgan fingerprint density at radius 1 is 0.750 bits per heavy atom. The van der Waals surface area contributed by atoms with Crippen molar-refractivity contribution in [3.05, 3.63) is 41.6 Å². The Bertz CT molecular complexity index is 676. The third-order valence-corrected chi connectivity index (χ3v) is 6.29. The highest BCUT2D eigenvalue weighted by molar-refractivity contribution is 5.63. The van der Waals surface area contributed by atoms with Crippen molar-refractivity contribution in [1.82, 2.24) is 5.16 Å². The topological polar surface area (TPSA) is 46.3 Å². The Labute approximate surface area is 170 Å². The lowest BCUT2D eigenvalue weighted by atomic mass is 9.81. The standard InChI is InChI=1S/C25H37NO2/c1-21-23(24(28-26-21)22-17-13-12-14-18-22)25(27)19-15-10-8-6-4-2-3-5-7-9-11-16-20-25/h12-14,17-18,27H,2-11,15-16,19-20H2,1H3. The number of nitrogens with zero attached hydrogens (tertiary/aromatic N) is 1. The van der Waals surface area contributed by atoms with Gasteiger partial charge >= 0.3 is 0 Å². The molecule has 3 heteroatoms. The molecule has 1 aliphatic carbocycles. The van der Waals surface area contributed by atoms with Crippen molar-refractivity contribution in [1.29, 1.82) is 0 Å². The zero-order valence-corrected chi connectivity index (χ0v) is 17.6. The van der Waals surface area contributed by atoms with Gasteiger partial charge in [0.2, 0.25) is 0 Å². The van der Waals surface area contributed by atoms with E-state index in [2.05, 4.69) is 5.16 Å². The molecular weight excluding hydrogens is 346 g/mol. The molecule has 0 unspecified atom stereocenters. The van der Waals surface area contributed by atoms with Crippen LogP contribution in [0.25, 0.3) is 11.3 Å². The lowest BCUT2D eigenvalue weighted by molar-refractivity contribution is 0.0129. The van der Waals surface area contributed by atoms with E-state index in [9.17, 15) is 5.11 Å². The Balaban J connectivity index is 1.80. The van der Waals surface area contributed by atoms with Gasteiger partial charge in [0.15, 0.2) is 5.76 Å². The van der Waals surface area contributed by atoms with Crippen LogP contribution in [-0.2, 0) is 5.60 Å². The van der Waals surface area contributed by atoms with Gasteiger partial charge in [-0.1, -0.05) is 113 Å². The summed E-state index contributed by atoms with van der Waals surface area (Å²) in [5, 5.41) is 16.1.